The van der Waals surface area contributed by atoms with Gasteiger partial charge < -0.3 is 15.8 Å². The molecule has 24 heavy (non-hydrogen) atoms. The number of alkyl carbamates (subject to hydrolysis) is 1. The average molecular weight is 334 g/mol. The number of unbranched alkanes of at least 4 members (excludes halogenated alkanes) is 1. The number of carbonyl (C=O) groups excluding carboxylic acids is 2. The Hall–Kier alpha value is -2.04. The van der Waals surface area contributed by atoms with Crippen molar-refractivity contribution in [2.45, 2.75) is 64.9 Å². The quantitative estimate of drug-likeness (QED) is 0.680. The molecule has 3 N–H and O–H groups in total. The molecule has 0 unspecified atom stereocenters. The number of rotatable bonds is 9. The van der Waals surface area contributed by atoms with Gasteiger partial charge in [-0.2, -0.15) is 0 Å². The van der Waals surface area contributed by atoms with Gasteiger partial charge in [-0.25, -0.2) is 4.79 Å². The lowest BCUT2D eigenvalue weighted by Crippen LogP contribution is -2.33. The summed E-state index contributed by atoms with van der Waals surface area (Å²) in [6.07, 6.45) is 4.61. The van der Waals surface area contributed by atoms with Crippen LogP contribution in [-0.2, 0) is 22.4 Å². The van der Waals surface area contributed by atoms with Crippen LogP contribution in [0.25, 0.3) is 0 Å². The minimum Gasteiger partial charge on any atom is -0.444 e. The van der Waals surface area contributed by atoms with E-state index in [4.69, 9.17) is 10.5 Å². The Kier molecular flexibility index (Phi) is 8.30. The summed E-state index contributed by atoms with van der Waals surface area (Å²) in [6, 6.07) is 8.45. The molecule has 5 heteroatoms. The third-order valence-electron chi connectivity index (χ3n) is 3.44. The highest BCUT2D eigenvalue weighted by atomic mass is 16.6. The van der Waals surface area contributed by atoms with Gasteiger partial charge in [0.25, 0.3) is 0 Å². The summed E-state index contributed by atoms with van der Waals surface area (Å²) in [7, 11) is 0. The van der Waals surface area contributed by atoms with Gasteiger partial charge >= 0.3 is 6.09 Å². The predicted octanol–water partition coefficient (Wildman–Crippen LogP) is 3.34. The molecule has 1 aromatic rings. The van der Waals surface area contributed by atoms with Crippen LogP contribution in [0.3, 0.4) is 0 Å². The SMILES string of the molecule is CC(C)(C)OC(=O)NCCCc1cccc(CCCCC(N)=O)c1. The number of carbonyl (C=O) groups is 2. The van der Waals surface area contributed by atoms with E-state index in [0.29, 0.717) is 13.0 Å². The van der Waals surface area contributed by atoms with Crippen LogP contribution in [0.4, 0.5) is 4.79 Å². The first kappa shape index (κ1) is 20.0. The molecule has 1 aromatic carbocycles. The van der Waals surface area contributed by atoms with Crippen LogP contribution in [0, 0.1) is 0 Å². The van der Waals surface area contributed by atoms with Crippen molar-refractivity contribution in [1.82, 2.24) is 5.32 Å². The Morgan fingerprint density at radius 2 is 1.71 bits per heavy atom. The minimum atomic E-state index is -0.465. The first-order valence-corrected chi connectivity index (χ1v) is 8.59. The fourth-order valence-corrected chi connectivity index (χ4v) is 2.37. The van der Waals surface area contributed by atoms with Gasteiger partial charge in [-0.15, -0.1) is 0 Å². The van der Waals surface area contributed by atoms with Gasteiger partial charge in [0.1, 0.15) is 5.60 Å². The number of amides is 2. The van der Waals surface area contributed by atoms with Gasteiger partial charge in [-0.05, 0) is 64.0 Å². The van der Waals surface area contributed by atoms with Gasteiger partial charge in [0.2, 0.25) is 5.91 Å². The zero-order valence-corrected chi connectivity index (χ0v) is 15.1. The van der Waals surface area contributed by atoms with Gasteiger partial charge in [0, 0.05) is 13.0 Å². The van der Waals surface area contributed by atoms with Crippen LogP contribution in [0.1, 0.15) is 57.6 Å². The van der Waals surface area contributed by atoms with Crippen LogP contribution in [0.2, 0.25) is 0 Å². The number of hydrogen-bond donors (Lipinski definition) is 2. The van der Waals surface area contributed by atoms with Gasteiger partial charge in [-0.3, -0.25) is 4.79 Å². The summed E-state index contributed by atoms with van der Waals surface area (Å²) in [4.78, 5) is 22.3. The van der Waals surface area contributed by atoms with Crippen LogP contribution >= 0.6 is 0 Å². The summed E-state index contributed by atoms with van der Waals surface area (Å²) in [5.74, 6) is -0.235. The maximum Gasteiger partial charge on any atom is 0.407 e. The van der Waals surface area contributed by atoms with E-state index in [2.05, 4.69) is 29.6 Å². The molecule has 0 saturated heterocycles. The van der Waals surface area contributed by atoms with Crippen molar-refractivity contribution in [3.63, 3.8) is 0 Å². The minimum absolute atomic E-state index is 0.235. The molecule has 0 aliphatic rings. The Morgan fingerprint density at radius 3 is 2.29 bits per heavy atom. The highest BCUT2D eigenvalue weighted by molar-refractivity contribution is 5.73. The van der Waals surface area contributed by atoms with Crippen molar-refractivity contribution >= 4 is 12.0 Å². The lowest BCUT2D eigenvalue weighted by atomic mass is 10.0. The summed E-state index contributed by atoms with van der Waals surface area (Å²) >= 11 is 0. The first-order valence-electron chi connectivity index (χ1n) is 8.59. The molecule has 0 aliphatic heterocycles. The number of nitrogens with one attached hydrogen (secondary N) is 1. The Morgan fingerprint density at radius 1 is 1.08 bits per heavy atom. The summed E-state index contributed by atoms with van der Waals surface area (Å²) in [6.45, 7) is 6.14. The molecule has 0 heterocycles. The zero-order chi connectivity index (χ0) is 18.0. The molecule has 2 amide bonds. The summed E-state index contributed by atoms with van der Waals surface area (Å²) < 4.78 is 5.20. The topological polar surface area (TPSA) is 81.4 Å². The number of nitrogens with two attached hydrogens (primary N) is 1. The average Bonchev–Trinajstić information content (AvgIpc) is 2.47. The predicted molar refractivity (Wildman–Crippen MR) is 95.7 cm³/mol. The standard InChI is InChI=1S/C19H30N2O3/c1-19(2,3)24-18(23)21-13-7-11-16-10-6-9-15(14-16)8-4-5-12-17(20)22/h6,9-10,14H,4-5,7-8,11-13H2,1-3H3,(H2,20,22)(H,21,23). The third-order valence-corrected chi connectivity index (χ3v) is 3.44. The molecule has 5 nitrogen and oxygen atoms in total. The fourth-order valence-electron chi connectivity index (χ4n) is 2.37. The molecule has 0 spiro atoms. The zero-order valence-electron chi connectivity index (χ0n) is 15.1. The van der Waals surface area contributed by atoms with E-state index in [1.807, 2.05) is 20.8 Å². The lowest BCUT2D eigenvalue weighted by Gasteiger charge is -2.19. The maximum absolute atomic E-state index is 11.6. The molecule has 0 atom stereocenters. The molecular formula is C19H30N2O3. The number of benzene rings is 1. The lowest BCUT2D eigenvalue weighted by molar-refractivity contribution is -0.118. The molecule has 0 radical (unpaired) electrons. The second-order valence-corrected chi connectivity index (χ2v) is 7.03. The Balaban J connectivity index is 2.27. The summed E-state index contributed by atoms with van der Waals surface area (Å²) in [5.41, 5.74) is 7.21. The largest absolute Gasteiger partial charge is 0.444 e. The van der Waals surface area contributed by atoms with E-state index in [1.54, 1.807) is 0 Å². The van der Waals surface area contributed by atoms with Gasteiger partial charge in [-0.1, -0.05) is 24.3 Å². The number of ether oxygens (including phenoxy) is 1. The number of primary amides is 1. The van der Waals surface area contributed by atoms with Crippen LogP contribution in [0.15, 0.2) is 24.3 Å². The first-order chi connectivity index (χ1) is 11.3. The number of aryl methyl sites for hydroxylation is 2. The van der Waals surface area contributed by atoms with Crippen LogP contribution in [0.5, 0.6) is 0 Å². The van der Waals surface area contributed by atoms with Gasteiger partial charge in [0.05, 0.1) is 0 Å². The molecule has 0 bridgehead atoms. The van der Waals surface area contributed by atoms with E-state index < -0.39 is 5.60 Å². The van der Waals surface area contributed by atoms with E-state index in [-0.39, 0.29) is 12.0 Å². The fraction of sp³-hybridized carbons (Fsp3) is 0.579. The molecule has 0 saturated carbocycles. The number of hydrogen-bond acceptors (Lipinski definition) is 3. The highest BCUT2D eigenvalue weighted by Gasteiger charge is 2.15. The third kappa shape index (κ3) is 9.87. The van der Waals surface area contributed by atoms with Crippen LogP contribution in [-0.4, -0.2) is 24.1 Å². The molecule has 134 valence electrons. The van der Waals surface area contributed by atoms with Crippen LogP contribution < -0.4 is 11.1 Å². The molecule has 0 fully saturated rings. The van der Waals surface area contributed by atoms with E-state index in [1.165, 1.54) is 11.1 Å². The van der Waals surface area contributed by atoms with E-state index in [0.717, 1.165) is 32.1 Å². The van der Waals surface area contributed by atoms with E-state index >= 15 is 0 Å². The van der Waals surface area contributed by atoms with Crippen molar-refractivity contribution in [1.29, 1.82) is 0 Å². The van der Waals surface area contributed by atoms with Crippen molar-refractivity contribution in [2.75, 3.05) is 6.54 Å². The normalized spacial score (nSPS) is 11.1. The Labute approximate surface area is 145 Å². The van der Waals surface area contributed by atoms with E-state index in [9.17, 15) is 9.59 Å². The molecule has 0 aromatic heterocycles. The van der Waals surface area contributed by atoms with Gasteiger partial charge in [0.15, 0.2) is 0 Å². The Bertz CT molecular complexity index is 536. The van der Waals surface area contributed by atoms with Crippen molar-refractivity contribution in [3.8, 4) is 0 Å². The summed E-state index contributed by atoms with van der Waals surface area (Å²) in [5, 5.41) is 2.77. The van der Waals surface area contributed by atoms with Crippen molar-refractivity contribution < 1.29 is 14.3 Å². The van der Waals surface area contributed by atoms with Crippen molar-refractivity contribution in [3.05, 3.63) is 35.4 Å². The molecular weight excluding hydrogens is 304 g/mol. The second kappa shape index (κ2) is 9.96. The second-order valence-electron chi connectivity index (χ2n) is 7.03. The smallest absolute Gasteiger partial charge is 0.407 e. The highest BCUT2D eigenvalue weighted by Crippen LogP contribution is 2.11. The van der Waals surface area contributed by atoms with Crippen molar-refractivity contribution in [2.24, 2.45) is 5.73 Å². The molecule has 0 aliphatic carbocycles. The monoisotopic (exact) mass is 334 g/mol. The maximum atomic E-state index is 11.6. The molecule has 1 rings (SSSR count).